The van der Waals surface area contributed by atoms with Crippen molar-refractivity contribution < 1.29 is 9.90 Å². The van der Waals surface area contributed by atoms with E-state index in [1.54, 1.807) is 6.07 Å². The van der Waals surface area contributed by atoms with Crippen LogP contribution in [0, 0.1) is 11.3 Å². The number of carbonyl (C=O) groups excluding carboxylic acids is 1. The van der Waals surface area contributed by atoms with Crippen LogP contribution in [0.3, 0.4) is 0 Å². The SMILES string of the molecule is CCCc1c(CCCCCC#N)ccc(C(C)=O)c1O. The van der Waals surface area contributed by atoms with E-state index in [-0.39, 0.29) is 11.5 Å². The van der Waals surface area contributed by atoms with Gasteiger partial charge in [-0.2, -0.15) is 5.26 Å². The van der Waals surface area contributed by atoms with Gasteiger partial charge in [0.05, 0.1) is 11.6 Å². The van der Waals surface area contributed by atoms with Crippen LogP contribution in [0.5, 0.6) is 5.75 Å². The number of ketones is 1. The van der Waals surface area contributed by atoms with Crippen molar-refractivity contribution in [3.05, 3.63) is 28.8 Å². The van der Waals surface area contributed by atoms with Gasteiger partial charge in [0.15, 0.2) is 5.78 Å². The van der Waals surface area contributed by atoms with E-state index in [1.165, 1.54) is 6.92 Å². The van der Waals surface area contributed by atoms with Gasteiger partial charge in [0.2, 0.25) is 0 Å². The lowest BCUT2D eigenvalue weighted by Gasteiger charge is -2.13. The zero-order valence-electron chi connectivity index (χ0n) is 12.4. The predicted molar refractivity (Wildman–Crippen MR) is 79.9 cm³/mol. The first kappa shape index (κ1) is 16.2. The molecule has 1 aromatic rings. The van der Waals surface area contributed by atoms with Gasteiger partial charge >= 0.3 is 0 Å². The fourth-order valence-corrected chi connectivity index (χ4v) is 2.42. The van der Waals surface area contributed by atoms with E-state index in [0.717, 1.165) is 49.7 Å². The molecule has 108 valence electrons. The summed E-state index contributed by atoms with van der Waals surface area (Å²) in [5.41, 5.74) is 2.47. The summed E-state index contributed by atoms with van der Waals surface area (Å²) in [7, 11) is 0. The number of hydrogen-bond donors (Lipinski definition) is 1. The van der Waals surface area contributed by atoms with Gasteiger partial charge in [-0.1, -0.05) is 25.8 Å². The Balaban J connectivity index is 2.82. The summed E-state index contributed by atoms with van der Waals surface area (Å²) in [6.07, 6.45) is 6.20. The fourth-order valence-electron chi connectivity index (χ4n) is 2.42. The molecule has 0 bridgehead atoms. The first-order chi connectivity index (χ1) is 9.61. The number of aryl methyl sites for hydroxylation is 1. The molecule has 1 rings (SSSR count). The standard InChI is InChI=1S/C17H23NO2/c1-3-8-16-14(9-6-4-5-7-12-18)10-11-15(13(2)19)17(16)20/h10-11,20H,3-9H2,1-2H3. The molecule has 0 atom stereocenters. The first-order valence-electron chi connectivity index (χ1n) is 7.33. The van der Waals surface area contributed by atoms with E-state index in [4.69, 9.17) is 5.26 Å². The third-order valence-corrected chi connectivity index (χ3v) is 3.49. The molecular weight excluding hydrogens is 250 g/mol. The highest BCUT2D eigenvalue weighted by Gasteiger charge is 2.14. The molecule has 0 saturated carbocycles. The number of carbonyl (C=O) groups is 1. The molecule has 1 N–H and O–H groups in total. The van der Waals surface area contributed by atoms with Crippen molar-refractivity contribution in [2.24, 2.45) is 0 Å². The second-order valence-corrected chi connectivity index (χ2v) is 5.12. The minimum atomic E-state index is -0.0968. The summed E-state index contributed by atoms with van der Waals surface area (Å²) in [4.78, 5) is 11.5. The van der Waals surface area contributed by atoms with Crippen LogP contribution in [-0.4, -0.2) is 10.9 Å². The van der Waals surface area contributed by atoms with Gasteiger partial charge in [0.25, 0.3) is 0 Å². The van der Waals surface area contributed by atoms with Gasteiger partial charge in [0, 0.05) is 6.42 Å². The number of hydrogen-bond acceptors (Lipinski definition) is 3. The summed E-state index contributed by atoms with van der Waals surface area (Å²) >= 11 is 0. The van der Waals surface area contributed by atoms with Gasteiger partial charge in [0.1, 0.15) is 5.75 Å². The number of unbranched alkanes of at least 4 members (excludes halogenated alkanes) is 3. The van der Waals surface area contributed by atoms with Gasteiger partial charge in [-0.15, -0.1) is 0 Å². The highest BCUT2D eigenvalue weighted by Crippen LogP contribution is 2.29. The molecule has 0 unspecified atom stereocenters. The second-order valence-electron chi connectivity index (χ2n) is 5.12. The van der Waals surface area contributed by atoms with Crippen LogP contribution in [0.25, 0.3) is 0 Å². The molecule has 3 heteroatoms. The highest BCUT2D eigenvalue weighted by molar-refractivity contribution is 5.97. The van der Waals surface area contributed by atoms with Crippen molar-refractivity contribution >= 4 is 5.78 Å². The number of benzene rings is 1. The number of rotatable bonds is 8. The summed E-state index contributed by atoms with van der Waals surface area (Å²) in [5, 5.41) is 18.7. The molecule has 20 heavy (non-hydrogen) atoms. The van der Waals surface area contributed by atoms with Gasteiger partial charge in [-0.25, -0.2) is 0 Å². The average Bonchev–Trinajstić information content (AvgIpc) is 2.41. The van der Waals surface area contributed by atoms with Crippen molar-refractivity contribution in [3.8, 4) is 11.8 Å². The monoisotopic (exact) mass is 273 g/mol. The molecule has 0 saturated heterocycles. The summed E-state index contributed by atoms with van der Waals surface area (Å²) in [6.45, 7) is 3.54. The number of nitriles is 1. The largest absolute Gasteiger partial charge is 0.507 e. The smallest absolute Gasteiger partial charge is 0.163 e. The Morgan fingerprint density at radius 2 is 2.00 bits per heavy atom. The minimum absolute atomic E-state index is 0.0968. The van der Waals surface area contributed by atoms with Crippen molar-refractivity contribution in [1.29, 1.82) is 5.26 Å². The quantitative estimate of drug-likeness (QED) is 0.571. The van der Waals surface area contributed by atoms with E-state index in [9.17, 15) is 9.90 Å². The molecule has 0 aliphatic rings. The Morgan fingerprint density at radius 3 is 2.60 bits per heavy atom. The predicted octanol–water partition coefficient (Wildman–Crippen LogP) is 4.17. The normalized spacial score (nSPS) is 10.2. The van der Waals surface area contributed by atoms with E-state index < -0.39 is 0 Å². The Morgan fingerprint density at radius 1 is 1.25 bits per heavy atom. The molecule has 3 nitrogen and oxygen atoms in total. The molecule has 0 aromatic heterocycles. The van der Waals surface area contributed by atoms with Crippen LogP contribution in [0.2, 0.25) is 0 Å². The van der Waals surface area contributed by atoms with E-state index in [1.807, 2.05) is 6.07 Å². The van der Waals surface area contributed by atoms with Crippen molar-refractivity contribution in [2.75, 3.05) is 0 Å². The lowest BCUT2D eigenvalue weighted by Crippen LogP contribution is -2.01. The van der Waals surface area contributed by atoms with Crippen LogP contribution in [-0.2, 0) is 12.8 Å². The molecule has 0 radical (unpaired) electrons. The van der Waals surface area contributed by atoms with E-state index in [0.29, 0.717) is 12.0 Å². The van der Waals surface area contributed by atoms with Crippen LogP contribution < -0.4 is 0 Å². The fraction of sp³-hybridized carbons (Fsp3) is 0.529. The Labute approximate surface area is 121 Å². The highest BCUT2D eigenvalue weighted by atomic mass is 16.3. The zero-order chi connectivity index (χ0) is 15.0. The van der Waals surface area contributed by atoms with Crippen molar-refractivity contribution in [3.63, 3.8) is 0 Å². The van der Waals surface area contributed by atoms with Crippen molar-refractivity contribution in [1.82, 2.24) is 0 Å². The average molecular weight is 273 g/mol. The van der Waals surface area contributed by atoms with E-state index in [2.05, 4.69) is 13.0 Å². The number of aromatic hydroxyl groups is 1. The van der Waals surface area contributed by atoms with Crippen molar-refractivity contribution in [2.45, 2.75) is 58.8 Å². The zero-order valence-corrected chi connectivity index (χ0v) is 12.4. The Kier molecular flexibility index (Phi) is 6.79. The molecule has 0 fully saturated rings. The summed E-state index contributed by atoms with van der Waals surface area (Å²) in [5.74, 6) is 0.0642. The topological polar surface area (TPSA) is 61.1 Å². The molecule has 1 aromatic carbocycles. The maximum absolute atomic E-state index is 11.5. The van der Waals surface area contributed by atoms with Crippen LogP contribution >= 0.6 is 0 Å². The lowest BCUT2D eigenvalue weighted by molar-refractivity contribution is 0.101. The molecular formula is C17H23NO2. The van der Waals surface area contributed by atoms with Gasteiger partial charge < -0.3 is 5.11 Å². The number of Topliss-reactive ketones (excluding diaryl/α,β-unsaturated/α-hetero) is 1. The minimum Gasteiger partial charge on any atom is -0.507 e. The van der Waals surface area contributed by atoms with E-state index >= 15 is 0 Å². The first-order valence-corrected chi connectivity index (χ1v) is 7.33. The number of nitrogens with zero attached hydrogens (tertiary/aromatic N) is 1. The maximum atomic E-state index is 11.5. The number of phenolic OH excluding ortho intramolecular Hbond substituents is 1. The van der Waals surface area contributed by atoms with Crippen LogP contribution in [0.1, 0.15) is 67.4 Å². The lowest BCUT2D eigenvalue weighted by atomic mass is 9.93. The third-order valence-electron chi connectivity index (χ3n) is 3.49. The maximum Gasteiger partial charge on any atom is 0.163 e. The molecule has 0 spiro atoms. The molecule has 0 heterocycles. The summed E-state index contributed by atoms with van der Waals surface area (Å²) in [6, 6.07) is 5.84. The van der Waals surface area contributed by atoms with Crippen LogP contribution in [0.4, 0.5) is 0 Å². The third kappa shape index (κ3) is 4.38. The molecule has 0 aliphatic heterocycles. The van der Waals surface area contributed by atoms with Gasteiger partial charge in [-0.3, -0.25) is 4.79 Å². The van der Waals surface area contributed by atoms with Crippen LogP contribution in [0.15, 0.2) is 12.1 Å². The summed E-state index contributed by atoms with van der Waals surface area (Å²) < 4.78 is 0. The molecule has 0 amide bonds. The molecule has 0 aliphatic carbocycles. The Hall–Kier alpha value is -1.82. The number of phenols is 1. The van der Waals surface area contributed by atoms with Gasteiger partial charge in [-0.05, 0) is 49.8 Å². The Bertz CT molecular complexity index is 500. The second kappa shape index (κ2) is 8.37.